The fraction of sp³-hybridized carbons (Fsp3) is 0.353. The zero-order valence-electron chi connectivity index (χ0n) is 14.0. The summed E-state index contributed by atoms with van der Waals surface area (Å²) in [6, 6.07) is 3.93. The smallest absolute Gasteiger partial charge is 0.236 e. The number of piperidine rings is 1. The first-order valence-corrected chi connectivity index (χ1v) is 8.40. The van der Waals surface area contributed by atoms with E-state index in [0.717, 1.165) is 35.1 Å². The molecule has 3 aromatic rings. The number of hydrogen-bond donors (Lipinski definition) is 2. The number of carbonyl (C=O) groups is 1. The monoisotopic (exact) mass is 351 g/mol. The summed E-state index contributed by atoms with van der Waals surface area (Å²) in [6.45, 7) is 1.24. The molecule has 2 N–H and O–H groups in total. The molecule has 0 aliphatic carbocycles. The molecule has 1 atom stereocenters. The normalized spacial score (nSPS) is 17.2. The molecule has 4 rings (SSSR count). The van der Waals surface area contributed by atoms with Crippen LogP contribution in [0.2, 0.25) is 0 Å². The molecule has 132 valence electrons. The number of nitriles is 1. The summed E-state index contributed by atoms with van der Waals surface area (Å²) < 4.78 is 4.87. The fourth-order valence-corrected chi connectivity index (χ4v) is 3.33. The van der Waals surface area contributed by atoms with E-state index < -0.39 is 0 Å². The first kappa shape index (κ1) is 16.1. The Morgan fingerprint density at radius 2 is 2.42 bits per heavy atom. The predicted octanol–water partition coefficient (Wildman–Crippen LogP) is 1.93. The minimum atomic E-state index is -0.126. The first-order valence-electron chi connectivity index (χ1n) is 8.40. The third-order valence-electron chi connectivity index (χ3n) is 4.54. The fourth-order valence-electron chi connectivity index (χ4n) is 3.33. The lowest BCUT2D eigenvalue weighted by Crippen LogP contribution is -2.45. The van der Waals surface area contributed by atoms with Gasteiger partial charge in [-0.2, -0.15) is 10.2 Å². The molecule has 0 bridgehead atoms. The number of H-pyrrole nitrogens is 1. The van der Waals surface area contributed by atoms with Crippen molar-refractivity contribution in [3.63, 3.8) is 0 Å². The molecule has 1 aliphatic heterocycles. The molecule has 0 saturated carbocycles. The zero-order chi connectivity index (χ0) is 17.9. The minimum absolute atomic E-state index is 0.0672. The van der Waals surface area contributed by atoms with Crippen molar-refractivity contribution in [2.45, 2.75) is 25.3 Å². The van der Waals surface area contributed by atoms with Gasteiger partial charge in [0.15, 0.2) is 0 Å². The van der Waals surface area contributed by atoms with Crippen LogP contribution in [0.1, 0.15) is 19.3 Å². The second-order valence-corrected chi connectivity index (χ2v) is 6.20. The van der Waals surface area contributed by atoms with Crippen molar-refractivity contribution >= 4 is 22.6 Å². The Kier molecular flexibility index (Phi) is 4.23. The summed E-state index contributed by atoms with van der Waals surface area (Å²) in [5, 5.41) is 17.1. The number of rotatable bonds is 4. The van der Waals surface area contributed by atoms with Crippen molar-refractivity contribution < 1.29 is 9.32 Å². The van der Waals surface area contributed by atoms with Gasteiger partial charge < -0.3 is 19.7 Å². The molecule has 1 aliphatic rings. The SMILES string of the molecule is N#CCC(=O)N1CCCC(Nc2c(-c3ncon3)cnc3[nH]ccc23)C1. The highest BCUT2D eigenvalue weighted by Crippen LogP contribution is 2.33. The average Bonchev–Trinajstić information content (AvgIpc) is 3.34. The van der Waals surface area contributed by atoms with E-state index in [1.54, 1.807) is 11.1 Å². The van der Waals surface area contributed by atoms with Crippen LogP contribution in [0.15, 0.2) is 29.4 Å². The van der Waals surface area contributed by atoms with E-state index in [1.165, 1.54) is 6.39 Å². The number of hydrogen-bond acceptors (Lipinski definition) is 7. The van der Waals surface area contributed by atoms with Crippen LogP contribution in [0.25, 0.3) is 22.4 Å². The van der Waals surface area contributed by atoms with Crippen LogP contribution in [0.4, 0.5) is 5.69 Å². The number of aromatic nitrogens is 4. The van der Waals surface area contributed by atoms with E-state index in [4.69, 9.17) is 9.78 Å². The number of anilines is 1. The van der Waals surface area contributed by atoms with Crippen LogP contribution in [0.3, 0.4) is 0 Å². The highest BCUT2D eigenvalue weighted by atomic mass is 16.5. The largest absolute Gasteiger partial charge is 0.379 e. The van der Waals surface area contributed by atoms with E-state index in [2.05, 4.69) is 25.4 Å². The molecule has 1 saturated heterocycles. The van der Waals surface area contributed by atoms with Crippen LogP contribution in [-0.2, 0) is 4.79 Å². The maximum atomic E-state index is 12.0. The van der Waals surface area contributed by atoms with Gasteiger partial charge in [0.1, 0.15) is 12.1 Å². The van der Waals surface area contributed by atoms with E-state index in [0.29, 0.717) is 18.9 Å². The van der Waals surface area contributed by atoms with Gasteiger partial charge in [-0.05, 0) is 18.9 Å². The van der Waals surface area contributed by atoms with Crippen LogP contribution in [0.5, 0.6) is 0 Å². The zero-order valence-corrected chi connectivity index (χ0v) is 14.0. The highest BCUT2D eigenvalue weighted by Gasteiger charge is 2.25. The number of nitrogens with one attached hydrogen (secondary N) is 2. The van der Waals surface area contributed by atoms with E-state index >= 15 is 0 Å². The van der Waals surface area contributed by atoms with Gasteiger partial charge in [-0.1, -0.05) is 5.16 Å². The third-order valence-corrected chi connectivity index (χ3v) is 4.54. The van der Waals surface area contributed by atoms with Gasteiger partial charge in [0.05, 0.1) is 17.3 Å². The Morgan fingerprint density at radius 1 is 1.50 bits per heavy atom. The van der Waals surface area contributed by atoms with Gasteiger partial charge >= 0.3 is 0 Å². The number of amides is 1. The van der Waals surface area contributed by atoms with Crippen molar-refractivity contribution in [2.24, 2.45) is 0 Å². The minimum Gasteiger partial charge on any atom is -0.379 e. The lowest BCUT2D eigenvalue weighted by molar-refractivity contribution is -0.131. The van der Waals surface area contributed by atoms with Gasteiger partial charge in [0, 0.05) is 36.9 Å². The van der Waals surface area contributed by atoms with Crippen molar-refractivity contribution in [2.75, 3.05) is 18.4 Å². The van der Waals surface area contributed by atoms with E-state index in [-0.39, 0.29) is 18.4 Å². The van der Waals surface area contributed by atoms with Crippen LogP contribution in [0, 0.1) is 11.3 Å². The molecular weight excluding hydrogens is 334 g/mol. The van der Waals surface area contributed by atoms with Gasteiger partial charge in [0.25, 0.3) is 0 Å². The van der Waals surface area contributed by atoms with Gasteiger partial charge in [-0.3, -0.25) is 4.79 Å². The Morgan fingerprint density at radius 3 is 3.23 bits per heavy atom. The van der Waals surface area contributed by atoms with E-state index in [9.17, 15) is 4.79 Å². The van der Waals surface area contributed by atoms with Crippen molar-refractivity contribution in [1.82, 2.24) is 25.0 Å². The number of nitrogens with zero attached hydrogens (tertiary/aromatic N) is 5. The van der Waals surface area contributed by atoms with Crippen LogP contribution < -0.4 is 5.32 Å². The average molecular weight is 351 g/mol. The van der Waals surface area contributed by atoms with Crippen molar-refractivity contribution in [3.05, 3.63) is 24.9 Å². The summed E-state index contributed by atoms with van der Waals surface area (Å²) >= 11 is 0. The van der Waals surface area contributed by atoms with Crippen LogP contribution >= 0.6 is 0 Å². The van der Waals surface area contributed by atoms with Crippen molar-refractivity contribution in [3.8, 4) is 17.5 Å². The topological polar surface area (TPSA) is 124 Å². The number of fused-ring (bicyclic) bond motifs is 1. The predicted molar refractivity (Wildman–Crippen MR) is 92.8 cm³/mol. The Labute approximate surface area is 149 Å². The molecule has 9 heteroatoms. The Hall–Kier alpha value is -3.41. The maximum absolute atomic E-state index is 12.0. The summed E-state index contributed by atoms with van der Waals surface area (Å²) in [4.78, 5) is 25.4. The second kappa shape index (κ2) is 6.84. The molecule has 1 fully saturated rings. The number of aromatic amines is 1. The molecule has 9 nitrogen and oxygen atoms in total. The van der Waals surface area contributed by atoms with Crippen LogP contribution in [-0.4, -0.2) is 50.0 Å². The molecule has 0 radical (unpaired) electrons. The number of carbonyl (C=O) groups excluding carboxylic acids is 1. The molecule has 0 spiro atoms. The molecule has 26 heavy (non-hydrogen) atoms. The number of likely N-dealkylation sites (tertiary alicyclic amines) is 1. The first-order chi connectivity index (χ1) is 12.8. The molecule has 3 aromatic heterocycles. The Bertz CT molecular complexity index is 957. The molecular formula is C17H17N7O2. The molecule has 0 aromatic carbocycles. The quantitative estimate of drug-likeness (QED) is 0.736. The summed E-state index contributed by atoms with van der Waals surface area (Å²) in [5.41, 5.74) is 2.36. The molecule has 1 unspecified atom stereocenters. The summed E-state index contributed by atoms with van der Waals surface area (Å²) in [6.07, 6.45) is 6.53. The Balaban J connectivity index is 1.64. The third kappa shape index (κ3) is 2.97. The lowest BCUT2D eigenvalue weighted by Gasteiger charge is -2.33. The summed E-state index contributed by atoms with van der Waals surface area (Å²) in [5.74, 6) is 0.329. The standard InChI is InChI=1S/C17H17N7O2/c18-5-3-14(25)24-7-1-2-11(9-24)22-15-12-4-6-19-16(12)20-8-13(15)17-21-10-26-23-17/h4,6,8,10-11H,1-3,7,9H2,(H2,19,20,22). The van der Waals surface area contributed by atoms with Gasteiger partial charge in [-0.15, -0.1) is 0 Å². The maximum Gasteiger partial charge on any atom is 0.236 e. The highest BCUT2D eigenvalue weighted by molar-refractivity contribution is 5.97. The molecule has 4 heterocycles. The lowest BCUT2D eigenvalue weighted by atomic mass is 10.0. The van der Waals surface area contributed by atoms with Gasteiger partial charge in [-0.25, -0.2) is 4.98 Å². The second-order valence-electron chi connectivity index (χ2n) is 6.20. The van der Waals surface area contributed by atoms with Crippen molar-refractivity contribution in [1.29, 1.82) is 5.26 Å². The summed E-state index contributed by atoms with van der Waals surface area (Å²) in [7, 11) is 0. The van der Waals surface area contributed by atoms with E-state index in [1.807, 2.05) is 18.3 Å². The molecule has 1 amide bonds. The number of pyridine rings is 1. The van der Waals surface area contributed by atoms with Gasteiger partial charge in [0.2, 0.25) is 18.1 Å².